The Hall–Kier alpha value is -1.42. The van der Waals surface area contributed by atoms with Crippen LogP contribution in [-0.4, -0.2) is 5.11 Å². The Morgan fingerprint density at radius 1 is 0.875 bits per heavy atom. The van der Waals surface area contributed by atoms with Gasteiger partial charge in [-0.3, -0.25) is 0 Å². The van der Waals surface area contributed by atoms with Crippen molar-refractivity contribution in [3.8, 4) is 0 Å². The van der Waals surface area contributed by atoms with E-state index in [0.717, 1.165) is 12.8 Å². The number of hydrogen-bond donors (Lipinski definition) is 2. The van der Waals surface area contributed by atoms with Gasteiger partial charge in [0, 0.05) is 11.3 Å². The van der Waals surface area contributed by atoms with Gasteiger partial charge in [-0.25, -0.2) is 4.39 Å². The van der Waals surface area contributed by atoms with Crippen LogP contribution in [0, 0.1) is 5.82 Å². The highest BCUT2D eigenvalue weighted by molar-refractivity contribution is 7.80. The Kier molecular flexibility index (Phi) is 6.24. The van der Waals surface area contributed by atoms with Crippen molar-refractivity contribution >= 4 is 17.3 Å². The van der Waals surface area contributed by atoms with Gasteiger partial charge in [-0.15, -0.1) is 0 Å². The third-order valence-electron chi connectivity index (χ3n) is 5.12. The van der Waals surface area contributed by atoms with Crippen LogP contribution in [0.25, 0.3) is 0 Å². The van der Waals surface area contributed by atoms with Crippen molar-refractivity contribution in [2.75, 3.05) is 0 Å². The quantitative estimate of drug-likeness (QED) is 0.655. The number of allylic oxidation sites excluding steroid dienone is 1. The SMILES string of the molecule is Fc1ccccc1C1NC(=S)NC2=C1CCCCCCCCCC2. The molecule has 0 amide bonds. The predicted molar refractivity (Wildman–Crippen MR) is 101 cm³/mol. The number of hydrogen-bond acceptors (Lipinski definition) is 1. The molecule has 1 aliphatic heterocycles. The molecule has 3 rings (SSSR count). The highest BCUT2D eigenvalue weighted by atomic mass is 32.1. The minimum absolute atomic E-state index is 0.127. The smallest absolute Gasteiger partial charge is 0.171 e. The molecule has 0 bridgehead atoms. The number of halogens is 1. The van der Waals surface area contributed by atoms with Gasteiger partial charge in [0.2, 0.25) is 0 Å². The summed E-state index contributed by atoms with van der Waals surface area (Å²) >= 11 is 5.40. The van der Waals surface area contributed by atoms with E-state index >= 15 is 0 Å². The molecule has 1 unspecified atom stereocenters. The molecule has 0 spiro atoms. The van der Waals surface area contributed by atoms with Gasteiger partial charge in [0.15, 0.2) is 5.11 Å². The van der Waals surface area contributed by atoms with Gasteiger partial charge in [0.25, 0.3) is 0 Å². The van der Waals surface area contributed by atoms with E-state index in [1.807, 2.05) is 12.1 Å². The number of thiocarbonyl (C=S) groups is 1. The molecule has 0 aromatic heterocycles. The minimum atomic E-state index is -0.155. The van der Waals surface area contributed by atoms with Crippen molar-refractivity contribution < 1.29 is 4.39 Å². The Balaban J connectivity index is 1.90. The Morgan fingerprint density at radius 2 is 1.50 bits per heavy atom. The fourth-order valence-electron chi connectivity index (χ4n) is 3.82. The molecule has 2 nitrogen and oxygen atoms in total. The second-order valence-corrected chi connectivity index (χ2v) is 7.29. The maximum atomic E-state index is 14.4. The summed E-state index contributed by atoms with van der Waals surface area (Å²) in [6.07, 6.45) is 12.2. The first-order valence-electron chi connectivity index (χ1n) is 9.29. The molecule has 1 aromatic carbocycles. The largest absolute Gasteiger partial charge is 0.352 e. The van der Waals surface area contributed by atoms with Crippen molar-refractivity contribution in [1.29, 1.82) is 0 Å². The molecule has 2 aliphatic rings. The summed E-state index contributed by atoms with van der Waals surface area (Å²) in [6.45, 7) is 0. The first kappa shape index (κ1) is 17.4. The van der Waals surface area contributed by atoms with Gasteiger partial charge in [0.05, 0.1) is 6.04 Å². The van der Waals surface area contributed by atoms with E-state index < -0.39 is 0 Å². The van der Waals surface area contributed by atoms with E-state index in [4.69, 9.17) is 12.2 Å². The lowest BCUT2D eigenvalue weighted by Gasteiger charge is -2.33. The van der Waals surface area contributed by atoms with Gasteiger partial charge in [-0.1, -0.05) is 56.7 Å². The molecule has 1 heterocycles. The molecule has 1 aliphatic carbocycles. The maximum Gasteiger partial charge on any atom is 0.171 e. The summed E-state index contributed by atoms with van der Waals surface area (Å²) in [5.74, 6) is -0.155. The first-order valence-corrected chi connectivity index (χ1v) is 9.70. The zero-order valence-electron chi connectivity index (χ0n) is 14.2. The van der Waals surface area contributed by atoms with Crippen molar-refractivity contribution in [1.82, 2.24) is 10.6 Å². The zero-order valence-corrected chi connectivity index (χ0v) is 15.1. The monoisotopic (exact) mass is 346 g/mol. The fourth-order valence-corrected chi connectivity index (χ4v) is 4.06. The minimum Gasteiger partial charge on any atom is -0.352 e. The summed E-state index contributed by atoms with van der Waals surface area (Å²) in [6, 6.07) is 6.94. The van der Waals surface area contributed by atoms with Crippen molar-refractivity contribution in [2.24, 2.45) is 0 Å². The van der Waals surface area contributed by atoms with Crippen LogP contribution in [0.1, 0.15) is 75.8 Å². The van der Waals surface area contributed by atoms with Gasteiger partial charge in [-0.2, -0.15) is 0 Å². The Labute approximate surface area is 149 Å². The summed E-state index contributed by atoms with van der Waals surface area (Å²) in [4.78, 5) is 0. The third-order valence-corrected chi connectivity index (χ3v) is 5.33. The van der Waals surface area contributed by atoms with E-state index in [1.54, 1.807) is 6.07 Å². The van der Waals surface area contributed by atoms with Crippen LogP contribution in [0.3, 0.4) is 0 Å². The van der Waals surface area contributed by atoms with Crippen LogP contribution < -0.4 is 10.6 Å². The molecule has 0 radical (unpaired) electrons. The molecular formula is C20H27FN2S. The predicted octanol–water partition coefficient (Wildman–Crippen LogP) is 5.51. The van der Waals surface area contributed by atoms with Crippen molar-refractivity contribution in [3.05, 3.63) is 46.9 Å². The number of benzene rings is 1. The summed E-state index contributed by atoms with van der Waals surface area (Å²) in [5.41, 5.74) is 3.24. The molecular weight excluding hydrogens is 319 g/mol. The van der Waals surface area contributed by atoms with E-state index in [9.17, 15) is 4.39 Å². The van der Waals surface area contributed by atoms with E-state index in [0.29, 0.717) is 10.7 Å². The number of nitrogens with one attached hydrogen (secondary N) is 2. The molecule has 0 fully saturated rings. The van der Waals surface area contributed by atoms with Gasteiger partial charge in [0.1, 0.15) is 5.82 Å². The average molecular weight is 347 g/mol. The number of rotatable bonds is 1. The molecule has 0 saturated carbocycles. The van der Waals surface area contributed by atoms with Gasteiger partial charge >= 0.3 is 0 Å². The fraction of sp³-hybridized carbons (Fsp3) is 0.550. The van der Waals surface area contributed by atoms with Crippen LogP contribution in [-0.2, 0) is 0 Å². The van der Waals surface area contributed by atoms with Crippen molar-refractivity contribution in [2.45, 2.75) is 70.3 Å². The maximum absolute atomic E-state index is 14.4. The molecule has 4 heteroatoms. The molecule has 1 atom stereocenters. The average Bonchev–Trinajstić information content (AvgIpc) is 2.56. The topological polar surface area (TPSA) is 24.1 Å². The molecule has 2 N–H and O–H groups in total. The van der Waals surface area contributed by atoms with Crippen LogP contribution in [0.4, 0.5) is 4.39 Å². The Bertz CT molecular complexity index is 611. The third kappa shape index (κ3) is 4.35. The Morgan fingerprint density at radius 3 is 2.21 bits per heavy atom. The van der Waals surface area contributed by atoms with Crippen LogP contribution in [0.2, 0.25) is 0 Å². The first-order chi connectivity index (χ1) is 11.8. The standard InChI is InChI=1S/C20H27FN2S/c21-17-13-10-9-11-15(17)19-16-12-7-5-3-1-2-4-6-8-14-18(16)22-20(24)23-19/h9-11,13,19H,1-8,12,14H2,(H2,22,23,24). The lowest BCUT2D eigenvalue weighted by atomic mass is 9.89. The second-order valence-electron chi connectivity index (χ2n) is 6.89. The summed E-state index contributed by atoms with van der Waals surface area (Å²) < 4.78 is 14.4. The van der Waals surface area contributed by atoms with Crippen LogP contribution in [0.15, 0.2) is 35.5 Å². The lowest BCUT2D eigenvalue weighted by molar-refractivity contribution is 0.522. The van der Waals surface area contributed by atoms with Gasteiger partial charge in [-0.05, 0) is 49.5 Å². The summed E-state index contributed by atoms with van der Waals surface area (Å²) in [5, 5.41) is 7.29. The molecule has 130 valence electrons. The molecule has 24 heavy (non-hydrogen) atoms. The van der Waals surface area contributed by atoms with Crippen LogP contribution in [0.5, 0.6) is 0 Å². The highest BCUT2D eigenvalue weighted by Gasteiger charge is 2.27. The lowest BCUT2D eigenvalue weighted by Crippen LogP contribution is -2.44. The normalized spacial score (nSPS) is 23.4. The zero-order chi connectivity index (χ0) is 16.8. The summed E-state index contributed by atoms with van der Waals surface area (Å²) in [7, 11) is 0. The van der Waals surface area contributed by atoms with Gasteiger partial charge < -0.3 is 10.6 Å². The molecule has 1 aromatic rings. The van der Waals surface area contributed by atoms with Crippen LogP contribution >= 0.6 is 12.2 Å². The van der Waals surface area contributed by atoms with E-state index in [1.165, 1.54) is 68.7 Å². The van der Waals surface area contributed by atoms with E-state index in [2.05, 4.69) is 10.6 Å². The van der Waals surface area contributed by atoms with Crippen molar-refractivity contribution in [3.63, 3.8) is 0 Å². The molecule has 0 saturated heterocycles. The highest BCUT2D eigenvalue weighted by Crippen LogP contribution is 2.34. The second kappa shape index (κ2) is 8.61. The van der Waals surface area contributed by atoms with E-state index in [-0.39, 0.29) is 11.9 Å².